The SMILES string of the molecule is CN(Cc1ccc(CNc2ccnc3cc(Cl)ccc23)cc1)Cc1ccc(Cl)cn1. The second-order valence-electron chi connectivity index (χ2n) is 7.33. The number of anilines is 1. The summed E-state index contributed by atoms with van der Waals surface area (Å²) in [6.45, 7) is 2.37. The van der Waals surface area contributed by atoms with Crippen molar-refractivity contribution in [3.05, 3.63) is 99.9 Å². The van der Waals surface area contributed by atoms with Crippen LogP contribution in [0.3, 0.4) is 0 Å². The third-order valence-corrected chi connectivity index (χ3v) is 5.34. The van der Waals surface area contributed by atoms with Gasteiger partial charge in [0, 0.05) is 48.1 Å². The molecule has 1 N–H and O–H groups in total. The molecule has 4 rings (SSSR count). The molecule has 0 aliphatic heterocycles. The van der Waals surface area contributed by atoms with E-state index < -0.39 is 0 Å². The lowest BCUT2D eigenvalue weighted by Crippen LogP contribution is -2.17. The van der Waals surface area contributed by atoms with E-state index in [1.807, 2.05) is 36.4 Å². The maximum atomic E-state index is 6.07. The first-order chi connectivity index (χ1) is 14.6. The molecule has 0 aliphatic rings. The minimum Gasteiger partial charge on any atom is -0.380 e. The number of hydrogen-bond acceptors (Lipinski definition) is 4. The molecule has 0 bridgehead atoms. The van der Waals surface area contributed by atoms with Crippen LogP contribution in [-0.2, 0) is 19.6 Å². The average molecular weight is 437 g/mol. The summed E-state index contributed by atoms with van der Waals surface area (Å²) in [5, 5.41) is 5.93. The molecule has 2 heterocycles. The quantitative estimate of drug-likeness (QED) is 0.375. The predicted octanol–water partition coefficient (Wildman–Crippen LogP) is 6.18. The van der Waals surface area contributed by atoms with E-state index in [0.29, 0.717) is 10.0 Å². The molecule has 0 fully saturated rings. The van der Waals surface area contributed by atoms with Crippen molar-refractivity contribution in [2.24, 2.45) is 0 Å². The van der Waals surface area contributed by atoms with Crippen molar-refractivity contribution < 1.29 is 0 Å². The van der Waals surface area contributed by atoms with Crippen LogP contribution >= 0.6 is 23.2 Å². The first-order valence-electron chi connectivity index (χ1n) is 9.72. The molecule has 0 spiro atoms. The summed E-state index contributed by atoms with van der Waals surface area (Å²) in [4.78, 5) is 11.0. The van der Waals surface area contributed by atoms with Gasteiger partial charge in [-0.25, -0.2) is 0 Å². The first-order valence-corrected chi connectivity index (χ1v) is 10.5. The summed E-state index contributed by atoms with van der Waals surface area (Å²) in [5.74, 6) is 0. The van der Waals surface area contributed by atoms with Gasteiger partial charge in [-0.1, -0.05) is 47.5 Å². The maximum Gasteiger partial charge on any atom is 0.0737 e. The molecule has 4 nitrogen and oxygen atoms in total. The first kappa shape index (κ1) is 20.6. The van der Waals surface area contributed by atoms with E-state index in [9.17, 15) is 0 Å². The molecule has 0 saturated carbocycles. The molecular formula is C24H22Cl2N4. The Morgan fingerprint density at radius 2 is 1.60 bits per heavy atom. The fourth-order valence-corrected chi connectivity index (χ4v) is 3.66. The fraction of sp³-hybridized carbons (Fsp3) is 0.167. The highest BCUT2D eigenvalue weighted by Crippen LogP contribution is 2.25. The van der Waals surface area contributed by atoms with Crippen LogP contribution in [0, 0.1) is 0 Å². The summed E-state index contributed by atoms with van der Waals surface area (Å²) >= 11 is 12.0. The molecule has 0 amide bonds. The number of aromatic nitrogens is 2. The van der Waals surface area contributed by atoms with Crippen LogP contribution in [0.2, 0.25) is 10.0 Å². The zero-order valence-corrected chi connectivity index (χ0v) is 18.2. The van der Waals surface area contributed by atoms with Crippen molar-refractivity contribution in [2.75, 3.05) is 12.4 Å². The van der Waals surface area contributed by atoms with Gasteiger partial charge in [-0.2, -0.15) is 0 Å². The molecule has 0 radical (unpaired) electrons. The van der Waals surface area contributed by atoms with Gasteiger partial charge < -0.3 is 5.32 Å². The zero-order chi connectivity index (χ0) is 20.9. The number of nitrogens with zero attached hydrogens (tertiary/aromatic N) is 3. The molecule has 152 valence electrons. The Morgan fingerprint density at radius 1 is 0.833 bits per heavy atom. The van der Waals surface area contributed by atoms with Crippen LogP contribution in [-0.4, -0.2) is 21.9 Å². The van der Waals surface area contributed by atoms with Gasteiger partial charge in [0.15, 0.2) is 0 Å². The van der Waals surface area contributed by atoms with Crippen LogP contribution in [0.4, 0.5) is 5.69 Å². The number of benzene rings is 2. The van der Waals surface area contributed by atoms with Gasteiger partial charge in [-0.3, -0.25) is 14.9 Å². The Morgan fingerprint density at radius 3 is 2.37 bits per heavy atom. The predicted molar refractivity (Wildman–Crippen MR) is 125 cm³/mol. The molecule has 2 aromatic heterocycles. The number of hydrogen-bond donors (Lipinski definition) is 1. The number of pyridine rings is 2. The normalized spacial score (nSPS) is 11.2. The Balaban J connectivity index is 1.35. The van der Waals surface area contributed by atoms with Gasteiger partial charge in [-0.15, -0.1) is 0 Å². The van der Waals surface area contributed by atoms with Gasteiger partial charge in [0.05, 0.1) is 16.2 Å². The molecule has 0 unspecified atom stereocenters. The van der Waals surface area contributed by atoms with Gasteiger partial charge in [-0.05, 0) is 54.6 Å². The van der Waals surface area contributed by atoms with Crippen LogP contribution in [0.25, 0.3) is 10.9 Å². The molecular weight excluding hydrogens is 415 g/mol. The highest BCUT2D eigenvalue weighted by atomic mass is 35.5. The molecule has 0 saturated heterocycles. The highest BCUT2D eigenvalue weighted by molar-refractivity contribution is 6.31. The van der Waals surface area contributed by atoms with Gasteiger partial charge in [0.2, 0.25) is 0 Å². The summed E-state index contributed by atoms with van der Waals surface area (Å²) < 4.78 is 0. The summed E-state index contributed by atoms with van der Waals surface area (Å²) in [7, 11) is 2.09. The number of halogens is 2. The minimum atomic E-state index is 0.661. The topological polar surface area (TPSA) is 41.0 Å². The molecule has 6 heteroatoms. The Bertz CT molecular complexity index is 1130. The van der Waals surface area contributed by atoms with E-state index >= 15 is 0 Å². The Hall–Kier alpha value is -2.66. The lowest BCUT2D eigenvalue weighted by molar-refractivity contribution is 0.315. The lowest BCUT2D eigenvalue weighted by atomic mass is 10.1. The smallest absolute Gasteiger partial charge is 0.0737 e. The van der Waals surface area contributed by atoms with E-state index in [-0.39, 0.29) is 0 Å². The second-order valence-corrected chi connectivity index (χ2v) is 8.20. The van der Waals surface area contributed by atoms with Crippen LogP contribution < -0.4 is 5.32 Å². The number of rotatable bonds is 7. The summed E-state index contributed by atoms with van der Waals surface area (Å²) in [6.07, 6.45) is 3.49. The standard InChI is InChI=1S/C24H22Cl2N4/c1-30(16-21-8-6-20(26)14-28-21)15-18-4-2-17(3-5-18)13-29-23-10-11-27-24-12-19(25)7-9-22(23)24/h2-12,14H,13,15-16H2,1H3,(H,27,29). The number of fused-ring (bicyclic) bond motifs is 1. The fourth-order valence-electron chi connectivity index (χ4n) is 3.38. The Kier molecular flexibility index (Phi) is 6.48. The largest absolute Gasteiger partial charge is 0.380 e. The average Bonchev–Trinajstić information content (AvgIpc) is 2.74. The van der Waals surface area contributed by atoms with Crippen molar-refractivity contribution in [1.29, 1.82) is 0 Å². The van der Waals surface area contributed by atoms with E-state index in [1.54, 1.807) is 12.4 Å². The van der Waals surface area contributed by atoms with Gasteiger partial charge >= 0.3 is 0 Å². The van der Waals surface area contributed by atoms with Crippen molar-refractivity contribution >= 4 is 39.8 Å². The lowest BCUT2D eigenvalue weighted by Gasteiger charge is -2.16. The maximum absolute atomic E-state index is 6.07. The molecule has 2 aromatic carbocycles. The second kappa shape index (κ2) is 9.43. The van der Waals surface area contributed by atoms with Crippen LogP contribution in [0.15, 0.2) is 73.1 Å². The number of nitrogens with one attached hydrogen (secondary N) is 1. The molecule has 4 aromatic rings. The van der Waals surface area contributed by atoms with Crippen molar-refractivity contribution in [2.45, 2.75) is 19.6 Å². The van der Waals surface area contributed by atoms with Gasteiger partial charge in [0.1, 0.15) is 0 Å². The Labute approximate surface area is 186 Å². The zero-order valence-electron chi connectivity index (χ0n) is 16.6. The third-order valence-electron chi connectivity index (χ3n) is 4.88. The molecule has 0 aliphatic carbocycles. The summed E-state index contributed by atoms with van der Waals surface area (Å²) in [6, 6.07) is 20.3. The highest BCUT2D eigenvalue weighted by Gasteiger charge is 2.05. The van der Waals surface area contributed by atoms with E-state index in [4.69, 9.17) is 23.2 Å². The van der Waals surface area contributed by atoms with E-state index in [2.05, 4.69) is 51.5 Å². The monoisotopic (exact) mass is 436 g/mol. The van der Waals surface area contributed by atoms with Crippen molar-refractivity contribution in [1.82, 2.24) is 14.9 Å². The molecule has 0 atom stereocenters. The van der Waals surface area contributed by atoms with E-state index in [0.717, 1.165) is 41.9 Å². The van der Waals surface area contributed by atoms with Crippen LogP contribution in [0.5, 0.6) is 0 Å². The van der Waals surface area contributed by atoms with Crippen molar-refractivity contribution in [3.63, 3.8) is 0 Å². The van der Waals surface area contributed by atoms with Crippen molar-refractivity contribution in [3.8, 4) is 0 Å². The molecule has 30 heavy (non-hydrogen) atoms. The minimum absolute atomic E-state index is 0.661. The van der Waals surface area contributed by atoms with E-state index in [1.165, 1.54) is 11.1 Å². The van der Waals surface area contributed by atoms with Crippen LogP contribution in [0.1, 0.15) is 16.8 Å². The summed E-state index contributed by atoms with van der Waals surface area (Å²) in [5.41, 5.74) is 5.43. The van der Waals surface area contributed by atoms with Gasteiger partial charge in [0.25, 0.3) is 0 Å². The third kappa shape index (κ3) is 5.28.